The largest absolute Gasteiger partial charge is 0.326 e. The van der Waals surface area contributed by atoms with Crippen LogP contribution in [0.1, 0.15) is 17.3 Å². The smallest absolute Gasteiger partial charge is 0.257 e. The van der Waals surface area contributed by atoms with E-state index in [1.165, 1.54) is 11.3 Å². The maximum atomic E-state index is 12.1. The molecule has 2 nitrogen and oxygen atoms in total. The first-order valence-corrected chi connectivity index (χ1v) is 7.09. The van der Waals surface area contributed by atoms with Crippen LogP contribution in [0.5, 0.6) is 0 Å². The molecular weight excluding hydrogens is 273 g/mol. The van der Waals surface area contributed by atoms with Gasteiger partial charge in [0.05, 0.1) is 15.3 Å². The molecule has 2 heterocycles. The van der Waals surface area contributed by atoms with Crippen molar-refractivity contribution >= 4 is 52.2 Å². The van der Waals surface area contributed by atoms with Gasteiger partial charge < -0.3 is 4.90 Å². The van der Waals surface area contributed by atoms with E-state index < -0.39 is 0 Å². The van der Waals surface area contributed by atoms with Gasteiger partial charge in [0.1, 0.15) is 4.34 Å². The monoisotopic (exact) mass is 281 g/mol. The summed E-state index contributed by atoms with van der Waals surface area (Å²) in [6.45, 7) is 2.81. The van der Waals surface area contributed by atoms with Gasteiger partial charge >= 0.3 is 0 Å². The zero-order valence-electron chi connectivity index (χ0n) is 8.00. The second-order valence-electron chi connectivity index (χ2n) is 3.21. The average molecular weight is 282 g/mol. The fraction of sp³-hybridized carbons (Fsp3) is 0.444. The Labute approximate surface area is 107 Å². The zero-order valence-corrected chi connectivity index (χ0v) is 11.1. The van der Waals surface area contributed by atoms with Crippen LogP contribution in [-0.2, 0) is 0 Å². The van der Waals surface area contributed by atoms with Gasteiger partial charge in [-0.2, -0.15) is 0 Å². The molecule has 0 radical (unpaired) electrons. The molecule has 1 aromatic rings. The number of carbonyl (C=O) groups excluding carboxylic acids is 1. The first-order chi connectivity index (χ1) is 7.09. The number of amides is 1. The van der Waals surface area contributed by atoms with Crippen molar-refractivity contribution in [2.24, 2.45) is 0 Å². The number of hydrogen-bond donors (Lipinski definition) is 0. The molecule has 0 aromatic carbocycles. The lowest BCUT2D eigenvalue weighted by Crippen LogP contribution is -2.32. The SMILES string of the molecule is CC1SCCN1C(=O)c1cc(Cl)sc1Cl. The number of thioether (sulfide) groups is 1. The lowest BCUT2D eigenvalue weighted by molar-refractivity contribution is 0.0769. The van der Waals surface area contributed by atoms with Crippen LogP contribution in [0.15, 0.2) is 6.07 Å². The van der Waals surface area contributed by atoms with Crippen molar-refractivity contribution in [3.05, 3.63) is 20.3 Å². The summed E-state index contributed by atoms with van der Waals surface area (Å²) >= 11 is 14.8. The molecule has 0 saturated carbocycles. The first kappa shape index (κ1) is 11.6. The van der Waals surface area contributed by atoms with Crippen molar-refractivity contribution < 1.29 is 4.79 Å². The maximum absolute atomic E-state index is 12.1. The molecule has 1 saturated heterocycles. The van der Waals surface area contributed by atoms with E-state index in [1.807, 2.05) is 11.8 Å². The molecule has 6 heteroatoms. The molecule has 0 aliphatic carbocycles. The lowest BCUT2D eigenvalue weighted by atomic mass is 10.3. The van der Waals surface area contributed by atoms with Crippen molar-refractivity contribution in [1.82, 2.24) is 4.90 Å². The summed E-state index contributed by atoms with van der Waals surface area (Å²) in [6, 6.07) is 1.65. The average Bonchev–Trinajstić information content (AvgIpc) is 2.71. The molecule has 1 unspecified atom stereocenters. The van der Waals surface area contributed by atoms with Gasteiger partial charge in [-0.25, -0.2) is 0 Å². The van der Waals surface area contributed by atoms with Gasteiger partial charge in [0.25, 0.3) is 5.91 Å². The Morgan fingerprint density at radius 3 is 2.80 bits per heavy atom. The van der Waals surface area contributed by atoms with E-state index in [4.69, 9.17) is 23.2 Å². The van der Waals surface area contributed by atoms with Crippen LogP contribution < -0.4 is 0 Å². The summed E-state index contributed by atoms with van der Waals surface area (Å²) in [5, 5.41) is 0.229. The highest BCUT2D eigenvalue weighted by Gasteiger charge is 2.28. The minimum atomic E-state index is -0.0133. The molecule has 2 rings (SSSR count). The van der Waals surface area contributed by atoms with Crippen molar-refractivity contribution in [3.63, 3.8) is 0 Å². The molecule has 1 aliphatic rings. The molecule has 82 valence electrons. The number of nitrogens with zero attached hydrogens (tertiary/aromatic N) is 1. The van der Waals surface area contributed by atoms with E-state index in [1.54, 1.807) is 17.8 Å². The van der Waals surface area contributed by atoms with Crippen LogP contribution in [0.25, 0.3) is 0 Å². The highest BCUT2D eigenvalue weighted by molar-refractivity contribution is 8.00. The van der Waals surface area contributed by atoms with Gasteiger partial charge in [0, 0.05) is 12.3 Å². The van der Waals surface area contributed by atoms with Crippen molar-refractivity contribution in [3.8, 4) is 0 Å². The summed E-state index contributed by atoms with van der Waals surface area (Å²) in [5.74, 6) is 0.975. The van der Waals surface area contributed by atoms with Crippen LogP contribution in [0.2, 0.25) is 8.67 Å². The normalized spacial score (nSPS) is 21.0. The van der Waals surface area contributed by atoms with Crippen LogP contribution in [0, 0.1) is 0 Å². The predicted octanol–water partition coefficient (Wildman–Crippen LogP) is 3.59. The summed E-state index contributed by atoms with van der Waals surface area (Å²) in [6.07, 6.45) is 0. The van der Waals surface area contributed by atoms with Crippen molar-refractivity contribution in [2.75, 3.05) is 12.3 Å². The minimum absolute atomic E-state index is 0.0133. The number of halogens is 2. The number of thiophene rings is 1. The molecule has 1 fully saturated rings. The number of carbonyl (C=O) groups is 1. The quantitative estimate of drug-likeness (QED) is 0.784. The van der Waals surface area contributed by atoms with E-state index >= 15 is 0 Å². The molecular formula is C9H9Cl2NOS2. The van der Waals surface area contributed by atoms with E-state index in [2.05, 4.69) is 0 Å². The Hall–Kier alpha value is 0.1000. The highest BCUT2D eigenvalue weighted by Crippen LogP contribution is 2.34. The van der Waals surface area contributed by atoms with Gasteiger partial charge in [-0.3, -0.25) is 4.79 Å². The van der Waals surface area contributed by atoms with Crippen LogP contribution in [0.3, 0.4) is 0 Å². The molecule has 1 aromatic heterocycles. The van der Waals surface area contributed by atoms with Crippen molar-refractivity contribution in [1.29, 1.82) is 0 Å². The van der Waals surface area contributed by atoms with Gasteiger partial charge in [-0.05, 0) is 13.0 Å². The van der Waals surface area contributed by atoms with Gasteiger partial charge in [-0.15, -0.1) is 23.1 Å². The Balaban J connectivity index is 2.24. The Morgan fingerprint density at radius 1 is 1.60 bits per heavy atom. The summed E-state index contributed by atoms with van der Waals surface area (Å²) in [5.41, 5.74) is 0.529. The van der Waals surface area contributed by atoms with E-state index in [0.29, 0.717) is 14.2 Å². The highest BCUT2D eigenvalue weighted by atomic mass is 35.5. The molecule has 0 N–H and O–H groups in total. The molecule has 1 atom stereocenters. The molecule has 1 aliphatic heterocycles. The standard InChI is InChI=1S/C9H9Cl2NOS2/c1-5-12(2-3-14-5)9(13)6-4-7(10)15-8(6)11/h4-5H,2-3H2,1H3. The number of hydrogen-bond acceptors (Lipinski definition) is 3. The first-order valence-electron chi connectivity index (χ1n) is 4.47. The molecule has 0 spiro atoms. The molecule has 0 bridgehead atoms. The number of rotatable bonds is 1. The third-order valence-electron chi connectivity index (χ3n) is 2.28. The summed E-state index contributed by atoms with van der Waals surface area (Å²) in [7, 11) is 0. The van der Waals surface area contributed by atoms with E-state index in [-0.39, 0.29) is 11.3 Å². The van der Waals surface area contributed by atoms with Gasteiger partial charge in [0.15, 0.2) is 0 Å². The Bertz CT molecular complexity index is 393. The van der Waals surface area contributed by atoms with E-state index in [0.717, 1.165) is 12.3 Å². The zero-order chi connectivity index (χ0) is 11.0. The second kappa shape index (κ2) is 4.53. The summed E-state index contributed by atoms with van der Waals surface area (Å²) in [4.78, 5) is 13.9. The van der Waals surface area contributed by atoms with E-state index in [9.17, 15) is 4.79 Å². The topological polar surface area (TPSA) is 20.3 Å². The molecule has 15 heavy (non-hydrogen) atoms. The Kier molecular flexibility index (Phi) is 3.50. The maximum Gasteiger partial charge on any atom is 0.257 e. The fourth-order valence-corrected chi connectivity index (χ4v) is 3.97. The molecule has 1 amide bonds. The van der Waals surface area contributed by atoms with Crippen LogP contribution in [0.4, 0.5) is 0 Å². The van der Waals surface area contributed by atoms with Crippen LogP contribution in [-0.4, -0.2) is 28.5 Å². The third-order valence-corrected chi connectivity index (χ3v) is 4.92. The third kappa shape index (κ3) is 2.28. The predicted molar refractivity (Wildman–Crippen MR) is 67.3 cm³/mol. The fourth-order valence-electron chi connectivity index (χ4n) is 1.50. The van der Waals surface area contributed by atoms with Crippen molar-refractivity contribution in [2.45, 2.75) is 12.3 Å². The second-order valence-corrected chi connectivity index (χ2v) is 6.92. The lowest BCUT2D eigenvalue weighted by Gasteiger charge is -2.19. The Morgan fingerprint density at radius 2 is 2.33 bits per heavy atom. The van der Waals surface area contributed by atoms with Crippen LogP contribution >= 0.6 is 46.3 Å². The van der Waals surface area contributed by atoms with Gasteiger partial charge in [-0.1, -0.05) is 23.2 Å². The summed E-state index contributed by atoms with van der Waals surface area (Å²) < 4.78 is 1.04. The minimum Gasteiger partial charge on any atom is -0.326 e. The van der Waals surface area contributed by atoms with Gasteiger partial charge in [0.2, 0.25) is 0 Å².